The molecule has 0 aliphatic rings. The molecule has 0 aliphatic carbocycles. The van der Waals surface area contributed by atoms with E-state index in [9.17, 15) is 4.79 Å². The molecule has 0 atom stereocenters. The molecule has 3 nitrogen and oxygen atoms in total. The number of carbonyl (C=O) groups is 1. The molecule has 0 spiro atoms. The van der Waals surface area contributed by atoms with Crippen LogP contribution in [0.25, 0.3) is 0 Å². The number of hydrogen-bond donors (Lipinski definition) is 1. The fourth-order valence-electron chi connectivity index (χ4n) is 1.20. The summed E-state index contributed by atoms with van der Waals surface area (Å²) in [5.41, 5.74) is 1.74. The lowest BCUT2D eigenvalue weighted by molar-refractivity contribution is 0.155. The number of ether oxygens (including phenoxy) is 1. The minimum atomic E-state index is -0.433. The van der Waals surface area contributed by atoms with E-state index in [1.807, 2.05) is 47.2 Å². The molecule has 1 heterocycles. The molecule has 82 valence electrons. The van der Waals surface area contributed by atoms with Crippen molar-refractivity contribution < 1.29 is 9.53 Å². The number of nitrogens with one attached hydrogen (secondary N) is 1. The van der Waals surface area contributed by atoms with Gasteiger partial charge in [0.1, 0.15) is 6.61 Å². The fourth-order valence-corrected chi connectivity index (χ4v) is 1.85. The number of hydrogen-bond acceptors (Lipinski definition) is 3. The second-order valence-electron chi connectivity index (χ2n) is 3.20. The Morgan fingerprint density at radius 3 is 2.75 bits per heavy atom. The van der Waals surface area contributed by atoms with Crippen LogP contribution in [-0.2, 0) is 11.3 Å². The SMILES string of the molecule is O=C(Nc1ccccc1)OCc1ccsc1. The van der Waals surface area contributed by atoms with Crippen molar-refractivity contribution in [1.29, 1.82) is 0 Å². The van der Waals surface area contributed by atoms with Crippen LogP contribution in [0.3, 0.4) is 0 Å². The maximum atomic E-state index is 11.4. The van der Waals surface area contributed by atoms with Gasteiger partial charge in [-0.05, 0) is 29.0 Å². The van der Waals surface area contributed by atoms with Crippen LogP contribution in [0, 0.1) is 0 Å². The van der Waals surface area contributed by atoms with Gasteiger partial charge in [0.05, 0.1) is 0 Å². The summed E-state index contributed by atoms with van der Waals surface area (Å²) in [5, 5.41) is 6.55. The molecule has 2 rings (SSSR count). The van der Waals surface area contributed by atoms with Crippen molar-refractivity contribution in [2.45, 2.75) is 6.61 Å². The minimum absolute atomic E-state index is 0.308. The Morgan fingerprint density at radius 1 is 1.25 bits per heavy atom. The number of carbonyl (C=O) groups excluding carboxylic acids is 1. The van der Waals surface area contributed by atoms with Gasteiger partial charge < -0.3 is 4.74 Å². The van der Waals surface area contributed by atoms with E-state index in [0.717, 1.165) is 11.3 Å². The summed E-state index contributed by atoms with van der Waals surface area (Å²) in [5.74, 6) is 0. The van der Waals surface area contributed by atoms with Crippen LogP contribution in [0.5, 0.6) is 0 Å². The first-order chi connectivity index (χ1) is 7.84. The van der Waals surface area contributed by atoms with E-state index in [0.29, 0.717) is 6.61 Å². The molecular formula is C12H11NO2S. The Labute approximate surface area is 97.7 Å². The molecule has 16 heavy (non-hydrogen) atoms. The smallest absolute Gasteiger partial charge is 0.411 e. The predicted octanol–water partition coefficient (Wildman–Crippen LogP) is 3.50. The summed E-state index contributed by atoms with van der Waals surface area (Å²) in [6.45, 7) is 0.308. The predicted molar refractivity (Wildman–Crippen MR) is 64.6 cm³/mol. The number of rotatable bonds is 3. The van der Waals surface area contributed by atoms with Gasteiger partial charge in [-0.25, -0.2) is 4.79 Å². The molecule has 1 amide bonds. The monoisotopic (exact) mass is 233 g/mol. The van der Waals surface area contributed by atoms with Gasteiger partial charge in [0, 0.05) is 11.3 Å². The largest absolute Gasteiger partial charge is 0.444 e. The summed E-state index contributed by atoms with van der Waals surface area (Å²) in [6, 6.07) is 11.2. The van der Waals surface area contributed by atoms with Gasteiger partial charge in [-0.1, -0.05) is 18.2 Å². The highest BCUT2D eigenvalue weighted by Gasteiger charge is 2.02. The normalized spacial score (nSPS) is 9.75. The Hall–Kier alpha value is -1.81. The average molecular weight is 233 g/mol. The molecule has 1 aromatic carbocycles. The van der Waals surface area contributed by atoms with E-state index in [2.05, 4.69) is 5.32 Å². The highest BCUT2D eigenvalue weighted by Crippen LogP contribution is 2.09. The number of thiophene rings is 1. The van der Waals surface area contributed by atoms with Crippen LogP contribution in [-0.4, -0.2) is 6.09 Å². The van der Waals surface area contributed by atoms with Crippen molar-refractivity contribution in [1.82, 2.24) is 0 Å². The van der Waals surface area contributed by atoms with Crippen LogP contribution in [0.2, 0.25) is 0 Å². The van der Waals surface area contributed by atoms with E-state index in [4.69, 9.17) is 4.74 Å². The zero-order valence-electron chi connectivity index (χ0n) is 8.55. The van der Waals surface area contributed by atoms with Crippen molar-refractivity contribution in [3.05, 3.63) is 52.7 Å². The number of benzene rings is 1. The molecule has 4 heteroatoms. The van der Waals surface area contributed by atoms with Gasteiger partial charge in [-0.15, -0.1) is 0 Å². The van der Waals surface area contributed by atoms with Gasteiger partial charge in [-0.2, -0.15) is 11.3 Å². The third-order valence-corrected chi connectivity index (χ3v) is 2.70. The topological polar surface area (TPSA) is 38.3 Å². The lowest BCUT2D eigenvalue weighted by Crippen LogP contribution is -2.13. The van der Waals surface area contributed by atoms with E-state index in [-0.39, 0.29) is 0 Å². The van der Waals surface area contributed by atoms with E-state index >= 15 is 0 Å². The van der Waals surface area contributed by atoms with Gasteiger partial charge in [0.25, 0.3) is 0 Å². The third-order valence-electron chi connectivity index (χ3n) is 1.97. The summed E-state index contributed by atoms with van der Waals surface area (Å²) < 4.78 is 5.05. The van der Waals surface area contributed by atoms with Gasteiger partial charge >= 0.3 is 6.09 Å². The first kappa shape index (κ1) is 10.7. The van der Waals surface area contributed by atoms with E-state index in [1.165, 1.54) is 0 Å². The molecule has 1 N–H and O–H groups in total. The van der Waals surface area contributed by atoms with Crippen LogP contribution < -0.4 is 5.32 Å². The molecule has 0 saturated carbocycles. The number of anilines is 1. The van der Waals surface area contributed by atoms with E-state index < -0.39 is 6.09 Å². The first-order valence-corrected chi connectivity index (χ1v) is 5.79. The first-order valence-electron chi connectivity index (χ1n) is 4.84. The van der Waals surface area contributed by atoms with Gasteiger partial charge in [0.2, 0.25) is 0 Å². The minimum Gasteiger partial charge on any atom is -0.444 e. The number of para-hydroxylation sites is 1. The van der Waals surface area contributed by atoms with Crippen LogP contribution in [0.15, 0.2) is 47.2 Å². The Kier molecular flexibility index (Phi) is 3.56. The third kappa shape index (κ3) is 3.10. The quantitative estimate of drug-likeness (QED) is 0.881. The molecule has 0 fully saturated rings. The summed E-state index contributed by atoms with van der Waals surface area (Å²) in [4.78, 5) is 11.4. The molecule has 0 aliphatic heterocycles. The molecule has 0 unspecified atom stereocenters. The molecule has 1 aromatic heterocycles. The van der Waals surface area contributed by atoms with Gasteiger partial charge in [0.15, 0.2) is 0 Å². The zero-order valence-corrected chi connectivity index (χ0v) is 9.37. The van der Waals surface area contributed by atoms with Crippen molar-refractivity contribution >= 4 is 23.1 Å². The molecular weight excluding hydrogens is 222 g/mol. The summed E-state index contributed by atoms with van der Waals surface area (Å²) >= 11 is 1.58. The Morgan fingerprint density at radius 2 is 2.06 bits per heavy atom. The lowest BCUT2D eigenvalue weighted by Gasteiger charge is -2.05. The second-order valence-corrected chi connectivity index (χ2v) is 3.98. The van der Waals surface area contributed by atoms with Crippen molar-refractivity contribution in [2.24, 2.45) is 0 Å². The lowest BCUT2D eigenvalue weighted by atomic mass is 10.3. The second kappa shape index (κ2) is 5.32. The highest BCUT2D eigenvalue weighted by molar-refractivity contribution is 7.07. The van der Waals surface area contributed by atoms with Crippen molar-refractivity contribution in [3.63, 3.8) is 0 Å². The molecule has 0 saturated heterocycles. The molecule has 2 aromatic rings. The van der Waals surface area contributed by atoms with Gasteiger partial charge in [-0.3, -0.25) is 5.32 Å². The summed E-state index contributed by atoms with van der Waals surface area (Å²) in [7, 11) is 0. The molecule has 0 bridgehead atoms. The average Bonchev–Trinajstić information content (AvgIpc) is 2.81. The standard InChI is InChI=1S/C12H11NO2S/c14-12(13-11-4-2-1-3-5-11)15-8-10-6-7-16-9-10/h1-7,9H,8H2,(H,13,14). The summed E-state index contributed by atoms with van der Waals surface area (Å²) in [6.07, 6.45) is -0.433. The van der Waals surface area contributed by atoms with Crippen molar-refractivity contribution in [3.8, 4) is 0 Å². The van der Waals surface area contributed by atoms with E-state index in [1.54, 1.807) is 11.3 Å². The highest BCUT2D eigenvalue weighted by atomic mass is 32.1. The van der Waals surface area contributed by atoms with Crippen LogP contribution in [0.1, 0.15) is 5.56 Å². The maximum Gasteiger partial charge on any atom is 0.411 e. The molecule has 0 radical (unpaired) electrons. The Bertz CT molecular complexity index is 439. The van der Waals surface area contributed by atoms with Crippen LogP contribution >= 0.6 is 11.3 Å². The Balaban J connectivity index is 1.81. The zero-order chi connectivity index (χ0) is 11.2. The number of amides is 1. The fraction of sp³-hybridized carbons (Fsp3) is 0.0833. The van der Waals surface area contributed by atoms with Crippen molar-refractivity contribution in [2.75, 3.05) is 5.32 Å². The van der Waals surface area contributed by atoms with Crippen LogP contribution in [0.4, 0.5) is 10.5 Å². The maximum absolute atomic E-state index is 11.4.